The lowest BCUT2D eigenvalue weighted by atomic mass is 10.1. The zero-order valence-corrected chi connectivity index (χ0v) is 17.4. The van der Waals surface area contributed by atoms with Crippen LogP contribution in [0.4, 0.5) is 0 Å². The molecule has 150 valence electrons. The molecule has 0 spiro atoms. The molecule has 0 bridgehead atoms. The molecular formula is C21H32ClN3O2. The molecule has 1 aliphatic rings. The van der Waals surface area contributed by atoms with E-state index in [9.17, 15) is 9.59 Å². The van der Waals surface area contributed by atoms with Gasteiger partial charge >= 0.3 is 0 Å². The summed E-state index contributed by atoms with van der Waals surface area (Å²) in [5.74, 6) is 0.391. The Balaban J connectivity index is 1.67. The molecule has 6 heteroatoms. The van der Waals surface area contributed by atoms with Crippen LogP contribution in [0.5, 0.6) is 0 Å². The maximum absolute atomic E-state index is 12.4. The predicted molar refractivity (Wildman–Crippen MR) is 110 cm³/mol. The number of hydrogen-bond donors (Lipinski definition) is 0. The van der Waals surface area contributed by atoms with E-state index in [1.54, 1.807) is 0 Å². The maximum Gasteiger partial charge on any atom is 0.223 e. The van der Waals surface area contributed by atoms with Crippen LogP contribution in [0.1, 0.15) is 38.7 Å². The summed E-state index contributed by atoms with van der Waals surface area (Å²) < 4.78 is 0. The van der Waals surface area contributed by atoms with E-state index < -0.39 is 0 Å². The molecule has 1 aromatic carbocycles. The smallest absolute Gasteiger partial charge is 0.223 e. The average Bonchev–Trinajstić information content (AvgIpc) is 2.68. The number of aryl methyl sites for hydroxylation is 1. The summed E-state index contributed by atoms with van der Waals surface area (Å²) >= 11 is 5.99. The summed E-state index contributed by atoms with van der Waals surface area (Å²) in [5, 5.41) is 0.737. The monoisotopic (exact) mass is 393 g/mol. The van der Waals surface area contributed by atoms with Gasteiger partial charge < -0.3 is 14.7 Å². The number of amides is 2. The molecule has 1 fully saturated rings. The number of carbonyl (C=O) groups is 2. The highest BCUT2D eigenvalue weighted by Gasteiger charge is 2.23. The maximum atomic E-state index is 12.4. The first-order valence-electron chi connectivity index (χ1n) is 10.1. The van der Waals surface area contributed by atoms with E-state index in [1.165, 1.54) is 5.56 Å². The normalized spacial score (nSPS) is 14.7. The van der Waals surface area contributed by atoms with E-state index >= 15 is 0 Å². The summed E-state index contributed by atoms with van der Waals surface area (Å²) in [7, 11) is 0. The third-order valence-electron chi connectivity index (χ3n) is 5.27. The Bertz CT molecular complexity index is 611. The molecule has 0 N–H and O–H groups in total. The Morgan fingerprint density at radius 2 is 1.59 bits per heavy atom. The molecule has 0 aromatic heterocycles. The molecule has 5 nitrogen and oxygen atoms in total. The van der Waals surface area contributed by atoms with Crippen molar-refractivity contribution in [3.8, 4) is 0 Å². The molecular weight excluding hydrogens is 362 g/mol. The summed E-state index contributed by atoms with van der Waals surface area (Å²) in [6.07, 6.45) is 2.79. The van der Waals surface area contributed by atoms with E-state index in [0.717, 1.165) is 37.5 Å². The second kappa shape index (κ2) is 11.3. The fourth-order valence-electron chi connectivity index (χ4n) is 3.45. The molecule has 1 heterocycles. The number of nitrogens with zero attached hydrogens (tertiary/aromatic N) is 3. The number of hydrogen-bond acceptors (Lipinski definition) is 3. The van der Waals surface area contributed by atoms with Crippen LogP contribution in [0, 0.1) is 0 Å². The van der Waals surface area contributed by atoms with E-state index in [2.05, 4.69) is 18.7 Å². The van der Waals surface area contributed by atoms with E-state index in [0.29, 0.717) is 39.0 Å². The van der Waals surface area contributed by atoms with Crippen LogP contribution in [0.2, 0.25) is 5.02 Å². The van der Waals surface area contributed by atoms with Crippen molar-refractivity contribution >= 4 is 23.4 Å². The Labute approximate surface area is 168 Å². The zero-order chi connectivity index (χ0) is 19.6. The van der Waals surface area contributed by atoms with Crippen LogP contribution in [-0.4, -0.2) is 72.3 Å². The highest BCUT2D eigenvalue weighted by Crippen LogP contribution is 2.14. The lowest BCUT2D eigenvalue weighted by molar-refractivity contribution is -0.139. The molecule has 2 rings (SSSR count). The van der Waals surface area contributed by atoms with Gasteiger partial charge in [-0.1, -0.05) is 37.6 Å². The van der Waals surface area contributed by atoms with Crippen molar-refractivity contribution in [1.29, 1.82) is 0 Å². The van der Waals surface area contributed by atoms with Crippen LogP contribution in [0.25, 0.3) is 0 Å². The van der Waals surface area contributed by atoms with Gasteiger partial charge in [0.15, 0.2) is 0 Å². The SMILES string of the molecule is CCN(CC)CCC(=O)N1CCN(C(=O)CCCc2cccc(Cl)c2)CC1. The molecule has 27 heavy (non-hydrogen) atoms. The first-order valence-corrected chi connectivity index (χ1v) is 10.4. The third-order valence-corrected chi connectivity index (χ3v) is 5.50. The van der Waals surface area contributed by atoms with Crippen molar-refractivity contribution in [2.24, 2.45) is 0 Å². The number of benzene rings is 1. The molecule has 0 saturated carbocycles. The minimum absolute atomic E-state index is 0.187. The summed E-state index contributed by atoms with van der Waals surface area (Å²) in [4.78, 5) is 30.8. The van der Waals surface area contributed by atoms with E-state index in [1.807, 2.05) is 34.1 Å². The van der Waals surface area contributed by atoms with Gasteiger partial charge in [-0.2, -0.15) is 0 Å². The van der Waals surface area contributed by atoms with Gasteiger partial charge in [0.25, 0.3) is 0 Å². The average molecular weight is 394 g/mol. The second-order valence-corrected chi connectivity index (χ2v) is 7.46. The lowest BCUT2D eigenvalue weighted by Crippen LogP contribution is -2.51. The molecule has 1 aromatic rings. The second-order valence-electron chi connectivity index (χ2n) is 7.02. The van der Waals surface area contributed by atoms with Crippen molar-refractivity contribution in [1.82, 2.24) is 14.7 Å². The van der Waals surface area contributed by atoms with Crippen molar-refractivity contribution in [3.05, 3.63) is 34.9 Å². The Kier molecular flexibility index (Phi) is 9.08. The van der Waals surface area contributed by atoms with Crippen molar-refractivity contribution in [3.63, 3.8) is 0 Å². The number of rotatable bonds is 9. The summed E-state index contributed by atoms with van der Waals surface area (Å²) in [5.41, 5.74) is 1.17. The van der Waals surface area contributed by atoms with Crippen LogP contribution < -0.4 is 0 Å². The van der Waals surface area contributed by atoms with Crippen LogP contribution in [-0.2, 0) is 16.0 Å². The third kappa shape index (κ3) is 7.15. The number of piperazine rings is 1. The Morgan fingerprint density at radius 3 is 2.15 bits per heavy atom. The molecule has 0 unspecified atom stereocenters. The van der Waals surface area contributed by atoms with Crippen LogP contribution in [0.3, 0.4) is 0 Å². The predicted octanol–water partition coefficient (Wildman–Crippen LogP) is 3.07. The van der Waals surface area contributed by atoms with Gasteiger partial charge in [0, 0.05) is 50.6 Å². The largest absolute Gasteiger partial charge is 0.339 e. The number of carbonyl (C=O) groups excluding carboxylic acids is 2. The first kappa shape index (κ1) is 21.7. The number of halogens is 1. The van der Waals surface area contributed by atoms with Crippen LogP contribution >= 0.6 is 11.6 Å². The highest BCUT2D eigenvalue weighted by atomic mass is 35.5. The van der Waals surface area contributed by atoms with Gasteiger partial charge in [-0.15, -0.1) is 0 Å². The molecule has 0 radical (unpaired) electrons. The van der Waals surface area contributed by atoms with Crippen LogP contribution in [0.15, 0.2) is 24.3 Å². The summed E-state index contributed by atoms with van der Waals surface area (Å²) in [6, 6.07) is 7.79. The van der Waals surface area contributed by atoms with Gasteiger partial charge in [-0.05, 0) is 43.6 Å². The lowest BCUT2D eigenvalue weighted by Gasteiger charge is -2.35. The van der Waals surface area contributed by atoms with Crippen molar-refractivity contribution < 1.29 is 9.59 Å². The molecule has 1 aliphatic heterocycles. The van der Waals surface area contributed by atoms with Crippen molar-refractivity contribution in [2.45, 2.75) is 39.5 Å². The highest BCUT2D eigenvalue weighted by molar-refractivity contribution is 6.30. The Morgan fingerprint density at radius 1 is 1.00 bits per heavy atom. The first-order chi connectivity index (χ1) is 13.0. The molecule has 0 aliphatic carbocycles. The van der Waals surface area contributed by atoms with Gasteiger partial charge in [0.05, 0.1) is 0 Å². The van der Waals surface area contributed by atoms with E-state index in [-0.39, 0.29) is 11.8 Å². The fraction of sp³-hybridized carbons (Fsp3) is 0.619. The van der Waals surface area contributed by atoms with Gasteiger partial charge in [-0.3, -0.25) is 9.59 Å². The summed E-state index contributed by atoms with van der Waals surface area (Å²) in [6.45, 7) is 9.58. The minimum atomic E-state index is 0.187. The van der Waals surface area contributed by atoms with Gasteiger partial charge in [0.1, 0.15) is 0 Å². The quantitative estimate of drug-likeness (QED) is 0.647. The fourth-order valence-corrected chi connectivity index (χ4v) is 3.66. The molecule has 1 saturated heterocycles. The molecule has 0 atom stereocenters. The zero-order valence-electron chi connectivity index (χ0n) is 16.6. The van der Waals surface area contributed by atoms with Crippen molar-refractivity contribution in [2.75, 3.05) is 45.8 Å². The standard InChI is InChI=1S/C21H32ClN3O2/c1-3-23(4-2)12-11-21(27)25-15-13-24(14-16-25)20(26)10-6-8-18-7-5-9-19(22)17-18/h5,7,9,17H,3-4,6,8,10-16H2,1-2H3. The molecule has 2 amide bonds. The van der Waals surface area contributed by atoms with Gasteiger partial charge in [0.2, 0.25) is 11.8 Å². The Hall–Kier alpha value is -1.59. The minimum Gasteiger partial charge on any atom is -0.339 e. The van der Waals surface area contributed by atoms with E-state index in [4.69, 9.17) is 11.6 Å². The van der Waals surface area contributed by atoms with Gasteiger partial charge in [-0.25, -0.2) is 0 Å². The topological polar surface area (TPSA) is 43.9 Å².